The Hall–Kier alpha value is -3.60. The lowest BCUT2D eigenvalue weighted by molar-refractivity contribution is -0.140. The number of benzene rings is 2. The van der Waals surface area contributed by atoms with E-state index in [9.17, 15) is 27.6 Å². The number of nitrogens with one attached hydrogen (secondary N) is 2. The fraction of sp³-hybridized carbons (Fsp3) is 0.348. The van der Waals surface area contributed by atoms with Crippen LogP contribution < -0.4 is 15.4 Å². The summed E-state index contributed by atoms with van der Waals surface area (Å²) in [5, 5.41) is 4.93. The normalized spacial score (nSPS) is 16.0. The Kier molecular flexibility index (Phi) is 8.47. The number of rotatable bonds is 8. The Morgan fingerprint density at radius 3 is 2.53 bits per heavy atom. The number of carbonyl (C=O) groups is 3. The minimum absolute atomic E-state index is 0.0387. The Morgan fingerprint density at radius 1 is 1.03 bits per heavy atom. The second kappa shape index (κ2) is 11.5. The van der Waals surface area contributed by atoms with Gasteiger partial charge in [-0.25, -0.2) is 0 Å². The zero-order valence-corrected chi connectivity index (χ0v) is 18.1. The summed E-state index contributed by atoms with van der Waals surface area (Å²) in [6.07, 6.45) is -5.01. The average molecular weight is 479 g/mol. The number of hydrogen-bond donors (Lipinski definition) is 2. The lowest BCUT2D eigenvalue weighted by atomic mass is 10.2. The molecule has 0 saturated carbocycles. The summed E-state index contributed by atoms with van der Waals surface area (Å²) in [5.41, 5.74) is -0.403. The summed E-state index contributed by atoms with van der Waals surface area (Å²) in [4.78, 5) is 37.8. The van der Waals surface area contributed by atoms with E-state index in [1.165, 1.54) is 17.0 Å². The standard InChI is InChI=1S/C23H24F3N3O5/c24-23(25,26)17-7-4-8-18(11-17)34-15-19-14-29(9-10-33-19)21(31)13-27-20(30)12-28-22(32)16-5-2-1-3-6-16/h1-8,11,19H,9-10,12-15H2,(H,27,30)(H,28,32)/t19-/m1/s1. The number of hydrogen-bond acceptors (Lipinski definition) is 5. The lowest BCUT2D eigenvalue weighted by Gasteiger charge is -2.33. The van der Waals surface area contributed by atoms with Gasteiger partial charge in [-0.2, -0.15) is 13.2 Å². The van der Waals surface area contributed by atoms with Crippen LogP contribution in [0.5, 0.6) is 5.75 Å². The Morgan fingerprint density at radius 2 is 1.79 bits per heavy atom. The SMILES string of the molecule is O=C(CNC(=O)c1ccccc1)NCC(=O)N1CCO[C@@H](COc2cccc(C(F)(F)F)c2)C1. The molecule has 1 heterocycles. The van der Waals surface area contributed by atoms with Gasteiger partial charge in [0.1, 0.15) is 18.5 Å². The van der Waals surface area contributed by atoms with Crippen molar-refractivity contribution in [2.24, 2.45) is 0 Å². The van der Waals surface area contributed by atoms with Crippen LogP contribution in [0.2, 0.25) is 0 Å². The highest BCUT2D eigenvalue weighted by atomic mass is 19.4. The van der Waals surface area contributed by atoms with Crippen LogP contribution in [0, 0.1) is 0 Å². The van der Waals surface area contributed by atoms with Gasteiger partial charge >= 0.3 is 6.18 Å². The predicted octanol–water partition coefficient (Wildman–Crippen LogP) is 1.86. The first-order valence-corrected chi connectivity index (χ1v) is 10.5. The summed E-state index contributed by atoms with van der Waals surface area (Å²) < 4.78 is 49.4. The van der Waals surface area contributed by atoms with Crippen molar-refractivity contribution >= 4 is 17.7 Å². The van der Waals surface area contributed by atoms with E-state index in [-0.39, 0.29) is 44.5 Å². The van der Waals surface area contributed by atoms with Gasteiger partial charge in [-0.1, -0.05) is 24.3 Å². The van der Waals surface area contributed by atoms with Crippen LogP contribution >= 0.6 is 0 Å². The molecule has 3 amide bonds. The van der Waals surface area contributed by atoms with Crippen LogP contribution in [0.4, 0.5) is 13.2 Å². The molecule has 2 aromatic rings. The first-order chi connectivity index (χ1) is 16.2. The highest BCUT2D eigenvalue weighted by molar-refractivity contribution is 5.96. The van der Waals surface area contributed by atoms with Gasteiger partial charge in [-0.05, 0) is 30.3 Å². The van der Waals surface area contributed by atoms with Crippen LogP contribution in [0.15, 0.2) is 54.6 Å². The number of ether oxygens (including phenoxy) is 2. The minimum atomic E-state index is -4.47. The number of amides is 3. The highest BCUT2D eigenvalue weighted by Crippen LogP contribution is 2.31. The quantitative estimate of drug-likeness (QED) is 0.603. The zero-order valence-electron chi connectivity index (χ0n) is 18.1. The summed E-state index contributed by atoms with van der Waals surface area (Å²) in [7, 11) is 0. The van der Waals surface area contributed by atoms with Gasteiger partial charge in [0, 0.05) is 12.1 Å². The fourth-order valence-corrected chi connectivity index (χ4v) is 3.20. The number of carbonyl (C=O) groups excluding carboxylic acids is 3. The lowest BCUT2D eigenvalue weighted by Crippen LogP contribution is -2.51. The molecule has 0 bridgehead atoms. The third kappa shape index (κ3) is 7.48. The maximum atomic E-state index is 12.8. The van der Waals surface area contributed by atoms with E-state index >= 15 is 0 Å². The van der Waals surface area contributed by atoms with Gasteiger partial charge in [-0.3, -0.25) is 14.4 Å². The first kappa shape index (κ1) is 25.0. The molecule has 0 aliphatic carbocycles. The molecule has 3 rings (SSSR count). The van der Waals surface area contributed by atoms with E-state index in [4.69, 9.17) is 9.47 Å². The van der Waals surface area contributed by atoms with Gasteiger partial charge < -0.3 is 25.0 Å². The zero-order chi connectivity index (χ0) is 24.6. The molecule has 1 aliphatic rings. The summed E-state index contributed by atoms with van der Waals surface area (Å²) in [5.74, 6) is -1.23. The van der Waals surface area contributed by atoms with Crippen molar-refractivity contribution in [2.75, 3.05) is 39.4 Å². The van der Waals surface area contributed by atoms with Gasteiger partial charge in [0.25, 0.3) is 5.91 Å². The molecule has 8 nitrogen and oxygen atoms in total. The molecule has 0 unspecified atom stereocenters. The monoisotopic (exact) mass is 479 g/mol. The molecule has 1 aliphatic heterocycles. The molecule has 0 aromatic heterocycles. The third-order valence-electron chi connectivity index (χ3n) is 4.97. The van der Waals surface area contributed by atoms with Crippen LogP contribution in [0.1, 0.15) is 15.9 Å². The summed E-state index contributed by atoms with van der Waals surface area (Å²) in [6.45, 7) is 0.114. The van der Waals surface area contributed by atoms with Crippen molar-refractivity contribution in [1.82, 2.24) is 15.5 Å². The van der Waals surface area contributed by atoms with Crippen LogP contribution in [-0.2, 0) is 20.5 Å². The van der Waals surface area contributed by atoms with Crippen molar-refractivity contribution < 1.29 is 37.0 Å². The van der Waals surface area contributed by atoms with E-state index < -0.39 is 29.7 Å². The Bertz CT molecular complexity index is 1000. The largest absolute Gasteiger partial charge is 0.491 e. The molecular formula is C23H24F3N3O5. The first-order valence-electron chi connectivity index (χ1n) is 10.5. The van der Waals surface area contributed by atoms with Gasteiger partial charge in [-0.15, -0.1) is 0 Å². The maximum Gasteiger partial charge on any atom is 0.416 e. The van der Waals surface area contributed by atoms with Gasteiger partial charge in [0.15, 0.2) is 0 Å². The van der Waals surface area contributed by atoms with E-state index in [1.807, 2.05) is 0 Å². The fourth-order valence-electron chi connectivity index (χ4n) is 3.20. The summed E-state index contributed by atoms with van der Waals surface area (Å²) in [6, 6.07) is 12.9. The summed E-state index contributed by atoms with van der Waals surface area (Å²) >= 11 is 0. The second-order valence-corrected chi connectivity index (χ2v) is 7.49. The molecule has 2 N–H and O–H groups in total. The van der Waals surface area contributed by atoms with E-state index in [2.05, 4.69) is 10.6 Å². The third-order valence-corrected chi connectivity index (χ3v) is 4.97. The van der Waals surface area contributed by atoms with E-state index in [1.54, 1.807) is 30.3 Å². The van der Waals surface area contributed by atoms with Crippen molar-refractivity contribution in [3.63, 3.8) is 0 Å². The molecule has 11 heteroatoms. The van der Waals surface area contributed by atoms with E-state index in [0.717, 1.165) is 12.1 Å². The molecule has 182 valence electrons. The number of alkyl halides is 3. The minimum Gasteiger partial charge on any atom is -0.491 e. The van der Waals surface area contributed by atoms with Gasteiger partial charge in [0.05, 0.1) is 31.8 Å². The second-order valence-electron chi connectivity index (χ2n) is 7.49. The molecule has 1 fully saturated rings. The molecule has 1 atom stereocenters. The molecule has 0 spiro atoms. The van der Waals surface area contributed by atoms with Crippen molar-refractivity contribution in [3.05, 3.63) is 65.7 Å². The van der Waals surface area contributed by atoms with Crippen LogP contribution in [0.3, 0.4) is 0 Å². The maximum absolute atomic E-state index is 12.8. The van der Waals surface area contributed by atoms with E-state index in [0.29, 0.717) is 12.1 Å². The van der Waals surface area contributed by atoms with Crippen LogP contribution in [0.25, 0.3) is 0 Å². The number of nitrogens with zero attached hydrogens (tertiary/aromatic N) is 1. The number of halogens is 3. The predicted molar refractivity (Wildman–Crippen MR) is 115 cm³/mol. The molecular weight excluding hydrogens is 455 g/mol. The van der Waals surface area contributed by atoms with Crippen molar-refractivity contribution in [1.29, 1.82) is 0 Å². The Balaban J connectivity index is 1.40. The Labute approximate surface area is 194 Å². The molecule has 1 saturated heterocycles. The van der Waals surface area contributed by atoms with Gasteiger partial charge in [0.2, 0.25) is 11.8 Å². The van der Waals surface area contributed by atoms with Crippen LogP contribution in [-0.4, -0.2) is 68.1 Å². The molecule has 2 aromatic carbocycles. The van der Waals surface area contributed by atoms with Crippen molar-refractivity contribution in [3.8, 4) is 5.75 Å². The smallest absolute Gasteiger partial charge is 0.416 e. The highest BCUT2D eigenvalue weighted by Gasteiger charge is 2.31. The number of morpholine rings is 1. The average Bonchev–Trinajstić information content (AvgIpc) is 2.85. The topological polar surface area (TPSA) is 97.0 Å². The van der Waals surface area contributed by atoms with Crippen molar-refractivity contribution in [2.45, 2.75) is 12.3 Å². The molecule has 34 heavy (non-hydrogen) atoms. The molecule has 0 radical (unpaired) electrons.